The molecular formula is C11H11F3O2. The molecule has 1 aromatic carbocycles. The molecule has 16 heavy (non-hydrogen) atoms. The molecule has 1 aromatic rings. The van der Waals surface area contributed by atoms with Gasteiger partial charge in [-0.05, 0) is 24.1 Å². The molecular weight excluding hydrogens is 221 g/mol. The second kappa shape index (κ2) is 4.33. The van der Waals surface area contributed by atoms with Crippen LogP contribution < -0.4 is 4.74 Å². The van der Waals surface area contributed by atoms with E-state index in [1.54, 1.807) is 12.1 Å². The van der Waals surface area contributed by atoms with Gasteiger partial charge in [0.2, 0.25) is 0 Å². The summed E-state index contributed by atoms with van der Waals surface area (Å²) in [5.41, 5.74) is 0.833. The van der Waals surface area contributed by atoms with Crippen molar-refractivity contribution < 1.29 is 22.6 Å². The van der Waals surface area contributed by atoms with E-state index in [0.717, 1.165) is 12.0 Å². The topological polar surface area (TPSA) is 18.5 Å². The molecule has 1 unspecified atom stereocenters. The van der Waals surface area contributed by atoms with Gasteiger partial charge in [-0.1, -0.05) is 12.1 Å². The molecule has 0 bridgehead atoms. The van der Waals surface area contributed by atoms with Crippen molar-refractivity contribution in [1.82, 2.24) is 0 Å². The minimum absolute atomic E-state index is 0.170. The Labute approximate surface area is 91.0 Å². The predicted octanol–water partition coefficient (Wildman–Crippen LogP) is 3.09. The summed E-state index contributed by atoms with van der Waals surface area (Å²) >= 11 is 0. The van der Waals surface area contributed by atoms with E-state index >= 15 is 0 Å². The highest BCUT2D eigenvalue weighted by Gasteiger charge is 2.31. The standard InChI is InChI=1S/C11H11F3O2/c12-11(13,14)16-10-3-1-2-8(6-10)9-4-5-15-7-9/h1-3,6,9H,4-5,7H2. The fourth-order valence-electron chi connectivity index (χ4n) is 1.76. The molecule has 0 amide bonds. The molecule has 2 nitrogen and oxygen atoms in total. The number of alkyl halides is 3. The molecule has 0 radical (unpaired) electrons. The van der Waals surface area contributed by atoms with Crippen molar-refractivity contribution in [3.63, 3.8) is 0 Å². The number of benzene rings is 1. The molecule has 5 heteroatoms. The molecule has 0 N–H and O–H groups in total. The van der Waals surface area contributed by atoms with Gasteiger partial charge in [-0.2, -0.15) is 0 Å². The number of rotatable bonds is 2. The highest BCUT2D eigenvalue weighted by atomic mass is 19.4. The van der Waals surface area contributed by atoms with Crippen molar-refractivity contribution in [2.45, 2.75) is 18.7 Å². The highest BCUT2D eigenvalue weighted by molar-refractivity contribution is 5.31. The third-order valence-electron chi connectivity index (χ3n) is 2.49. The monoisotopic (exact) mass is 232 g/mol. The second-order valence-corrected chi connectivity index (χ2v) is 3.68. The average molecular weight is 232 g/mol. The lowest BCUT2D eigenvalue weighted by Crippen LogP contribution is -2.17. The van der Waals surface area contributed by atoms with Crippen LogP contribution in [-0.4, -0.2) is 19.6 Å². The van der Waals surface area contributed by atoms with Gasteiger partial charge in [0.15, 0.2) is 0 Å². The van der Waals surface area contributed by atoms with Crippen molar-refractivity contribution in [2.75, 3.05) is 13.2 Å². The van der Waals surface area contributed by atoms with Crippen molar-refractivity contribution >= 4 is 0 Å². The Kier molecular flexibility index (Phi) is 3.05. The molecule has 1 heterocycles. The lowest BCUT2D eigenvalue weighted by atomic mass is 9.98. The van der Waals surface area contributed by atoms with E-state index in [1.807, 2.05) is 0 Å². The number of ether oxygens (including phenoxy) is 2. The maximum Gasteiger partial charge on any atom is 0.573 e. The summed E-state index contributed by atoms with van der Waals surface area (Å²) in [6.07, 6.45) is -3.79. The van der Waals surface area contributed by atoms with Gasteiger partial charge >= 0.3 is 6.36 Å². The normalized spacial score (nSPS) is 21.1. The number of hydrogen-bond acceptors (Lipinski definition) is 2. The lowest BCUT2D eigenvalue weighted by Gasteiger charge is -2.12. The molecule has 0 saturated carbocycles. The van der Waals surface area contributed by atoms with E-state index in [0.29, 0.717) is 13.2 Å². The van der Waals surface area contributed by atoms with Gasteiger partial charge in [-0.3, -0.25) is 0 Å². The van der Waals surface area contributed by atoms with Gasteiger partial charge < -0.3 is 9.47 Å². The lowest BCUT2D eigenvalue weighted by molar-refractivity contribution is -0.274. The number of halogens is 3. The second-order valence-electron chi connectivity index (χ2n) is 3.68. The van der Waals surface area contributed by atoms with Gasteiger partial charge in [-0.15, -0.1) is 13.2 Å². The number of hydrogen-bond donors (Lipinski definition) is 0. The van der Waals surface area contributed by atoms with Gasteiger partial charge in [0, 0.05) is 12.5 Å². The Morgan fingerprint density at radius 3 is 2.75 bits per heavy atom. The van der Waals surface area contributed by atoms with Crippen LogP contribution in [0.1, 0.15) is 17.9 Å². The van der Waals surface area contributed by atoms with Crippen LogP contribution in [0.25, 0.3) is 0 Å². The van der Waals surface area contributed by atoms with Crippen LogP contribution in [0.5, 0.6) is 5.75 Å². The molecule has 1 aliphatic heterocycles. The van der Waals surface area contributed by atoms with E-state index in [4.69, 9.17) is 4.74 Å². The first-order valence-electron chi connectivity index (χ1n) is 4.98. The van der Waals surface area contributed by atoms with Crippen LogP contribution in [0.2, 0.25) is 0 Å². The Morgan fingerprint density at radius 2 is 2.12 bits per heavy atom. The van der Waals surface area contributed by atoms with Crippen molar-refractivity contribution in [3.05, 3.63) is 29.8 Å². The Bertz CT molecular complexity index is 356. The first kappa shape index (κ1) is 11.3. The van der Waals surface area contributed by atoms with Crippen LogP contribution in [0, 0.1) is 0 Å². The van der Waals surface area contributed by atoms with Crippen molar-refractivity contribution in [1.29, 1.82) is 0 Å². The minimum atomic E-state index is -4.63. The first-order valence-corrected chi connectivity index (χ1v) is 4.98. The maximum absolute atomic E-state index is 12.0. The Hall–Kier alpha value is -1.23. The molecule has 1 fully saturated rings. The van der Waals surface area contributed by atoms with Crippen LogP contribution in [-0.2, 0) is 4.74 Å². The van der Waals surface area contributed by atoms with Gasteiger partial charge in [0.25, 0.3) is 0 Å². The summed E-state index contributed by atoms with van der Waals surface area (Å²) in [5, 5.41) is 0. The fraction of sp³-hybridized carbons (Fsp3) is 0.455. The fourth-order valence-corrected chi connectivity index (χ4v) is 1.76. The van der Waals surface area contributed by atoms with Gasteiger partial charge in [0.05, 0.1) is 6.61 Å². The third-order valence-corrected chi connectivity index (χ3v) is 2.49. The molecule has 0 aromatic heterocycles. The molecule has 1 atom stereocenters. The van der Waals surface area contributed by atoms with Gasteiger partial charge in [-0.25, -0.2) is 0 Å². The molecule has 1 aliphatic rings. The minimum Gasteiger partial charge on any atom is -0.406 e. The average Bonchev–Trinajstić information content (AvgIpc) is 2.68. The van der Waals surface area contributed by atoms with E-state index < -0.39 is 6.36 Å². The molecule has 0 spiro atoms. The molecule has 2 rings (SSSR count). The zero-order valence-electron chi connectivity index (χ0n) is 8.46. The van der Waals surface area contributed by atoms with Crippen molar-refractivity contribution in [2.24, 2.45) is 0 Å². The van der Waals surface area contributed by atoms with Crippen LogP contribution in [0.4, 0.5) is 13.2 Å². The summed E-state index contributed by atoms with van der Waals surface area (Å²) < 4.78 is 45.1. The quantitative estimate of drug-likeness (QED) is 0.780. The Morgan fingerprint density at radius 1 is 1.31 bits per heavy atom. The van der Waals surface area contributed by atoms with Crippen LogP contribution in [0.15, 0.2) is 24.3 Å². The van der Waals surface area contributed by atoms with E-state index in [-0.39, 0.29) is 11.7 Å². The molecule has 88 valence electrons. The van der Waals surface area contributed by atoms with E-state index in [2.05, 4.69) is 4.74 Å². The van der Waals surface area contributed by atoms with E-state index in [9.17, 15) is 13.2 Å². The van der Waals surface area contributed by atoms with Crippen molar-refractivity contribution in [3.8, 4) is 5.75 Å². The molecule has 0 aliphatic carbocycles. The first-order chi connectivity index (χ1) is 7.54. The third kappa shape index (κ3) is 2.88. The zero-order valence-corrected chi connectivity index (χ0v) is 8.46. The smallest absolute Gasteiger partial charge is 0.406 e. The van der Waals surface area contributed by atoms with Crippen LogP contribution >= 0.6 is 0 Å². The van der Waals surface area contributed by atoms with Gasteiger partial charge in [0.1, 0.15) is 5.75 Å². The Balaban J connectivity index is 2.12. The maximum atomic E-state index is 12.0. The summed E-state index contributed by atoms with van der Waals surface area (Å²) in [4.78, 5) is 0. The molecule has 1 saturated heterocycles. The highest BCUT2D eigenvalue weighted by Crippen LogP contribution is 2.29. The summed E-state index contributed by atoms with van der Waals surface area (Å²) in [7, 11) is 0. The summed E-state index contributed by atoms with van der Waals surface area (Å²) in [6, 6.07) is 6.08. The summed E-state index contributed by atoms with van der Waals surface area (Å²) in [6.45, 7) is 1.23. The summed E-state index contributed by atoms with van der Waals surface area (Å²) in [5.74, 6) is 0.00804. The zero-order chi connectivity index (χ0) is 11.6. The van der Waals surface area contributed by atoms with E-state index in [1.165, 1.54) is 12.1 Å². The van der Waals surface area contributed by atoms with Crippen LogP contribution in [0.3, 0.4) is 0 Å². The predicted molar refractivity (Wildman–Crippen MR) is 51.3 cm³/mol. The largest absolute Gasteiger partial charge is 0.573 e. The SMILES string of the molecule is FC(F)(F)Oc1cccc(C2CCOC2)c1.